The molecule has 2 rings (SSSR count). The maximum atomic E-state index is 6.27. The summed E-state index contributed by atoms with van der Waals surface area (Å²) in [6.45, 7) is 2.49. The largest absolute Gasteiger partial charge is 0.313 e. The Hall–Kier alpha value is -0.0800. The lowest BCUT2D eigenvalue weighted by Crippen LogP contribution is -2.60. The third-order valence-corrected chi connectivity index (χ3v) is 3.46. The molecule has 1 aliphatic heterocycles. The van der Waals surface area contributed by atoms with E-state index in [1.165, 1.54) is 58.0 Å². The van der Waals surface area contributed by atoms with E-state index in [2.05, 4.69) is 4.90 Å². The summed E-state index contributed by atoms with van der Waals surface area (Å²) in [4.78, 5) is 2.53. The minimum Gasteiger partial charge on any atom is -0.313 e. The quantitative estimate of drug-likeness (QED) is 0.645. The van der Waals surface area contributed by atoms with Gasteiger partial charge in [0, 0.05) is 0 Å². The number of rotatable bonds is 1. The molecule has 1 saturated carbocycles. The van der Waals surface area contributed by atoms with Crippen LogP contribution < -0.4 is 5.73 Å². The summed E-state index contributed by atoms with van der Waals surface area (Å²) >= 11 is 0. The molecule has 0 atom stereocenters. The summed E-state index contributed by atoms with van der Waals surface area (Å²) in [5.41, 5.74) is 6.39. The van der Waals surface area contributed by atoms with Crippen molar-refractivity contribution in [2.75, 3.05) is 13.1 Å². The molecule has 0 aromatic rings. The van der Waals surface area contributed by atoms with Gasteiger partial charge in [-0.15, -0.1) is 0 Å². The van der Waals surface area contributed by atoms with Crippen molar-refractivity contribution in [3.63, 3.8) is 0 Å². The standard InChI is InChI=1S/C10H20N2/c11-10(6-5-7-10)12-8-3-1-2-4-9-12/h1-9,11H2. The number of hydrogen-bond donors (Lipinski definition) is 1. The number of likely N-dealkylation sites (tertiary alicyclic amines) is 1. The Balaban J connectivity index is 1.91. The van der Waals surface area contributed by atoms with Gasteiger partial charge in [0.1, 0.15) is 0 Å². The van der Waals surface area contributed by atoms with E-state index in [1.807, 2.05) is 0 Å². The molecule has 0 spiro atoms. The highest BCUT2D eigenvalue weighted by molar-refractivity contribution is 4.92. The Morgan fingerprint density at radius 2 is 1.42 bits per heavy atom. The Morgan fingerprint density at radius 3 is 1.83 bits per heavy atom. The molecule has 0 amide bonds. The average molecular weight is 168 g/mol. The van der Waals surface area contributed by atoms with Gasteiger partial charge in [-0.3, -0.25) is 4.90 Å². The highest BCUT2D eigenvalue weighted by atomic mass is 15.3. The van der Waals surface area contributed by atoms with Crippen molar-refractivity contribution in [1.82, 2.24) is 4.90 Å². The normalized spacial score (nSPS) is 30.8. The van der Waals surface area contributed by atoms with Crippen molar-refractivity contribution in [3.8, 4) is 0 Å². The van der Waals surface area contributed by atoms with Crippen LogP contribution in [0, 0.1) is 0 Å². The molecule has 2 nitrogen and oxygen atoms in total. The molecule has 70 valence electrons. The summed E-state index contributed by atoms with van der Waals surface area (Å²) in [5.74, 6) is 0. The zero-order valence-electron chi connectivity index (χ0n) is 7.89. The van der Waals surface area contributed by atoms with Gasteiger partial charge in [-0.2, -0.15) is 0 Å². The first kappa shape index (κ1) is 8.52. The predicted octanol–water partition coefficient (Wildman–Crippen LogP) is 1.70. The van der Waals surface area contributed by atoms with E-state index in [0.717, 1.165) is 0 Å². The maximum absolute atomic E-state index is 6.27. The van der Waals surface area contributed by atoms with Crippen LogP contribution in [0.2, 0.25) is 0 Å². The second kappa shape index (κ2) is 3.35. The fraction of sp³-hybridized carbons (Fsp3) is 1.00. The van der Waals surface area contributed by atoms with Crippen LogP contribution in [0.5, 0.6) is 0 Å². The van der Waals surface area contributed by atoms with Gasteiger partial charge in [-0.1, -0.05) is 12.8 Å². The first-order valence-electron chi connectivity index (χ1n) is 5.35. The first-order chi connectivity index (χ1) is 5.81. The van der Waals surface area contributed by atoms with E-state index in [9.17, 15) is 0 Å². The lowest BCUT2D eigenvalue weighted by Gasteiger charge is -2.47. The SMILES string of the molecule is NC1(N2CCCCCC2)CCC1. The zero-order valence-corrected chi connectivity index (χ0v) is 7.89. The molecule has 1 aliphatic carbocycles. The Morgan fingerprint density at radius 1 is 0.833 bits per heavy atom. The lowest BCUT2D eigenvalue weighted by atomic mass is 9.84. The molecule has 0 aromatic heterocycles. The molecule has 12 heavy (non-hydrogen) atoms. The summed E-state index contributed by atoms with van der Waals surface area (Å²) in [5, 5.41) is 0. The van der Waals surface area contributed by atoms with Crippen molar-refractivity contribution in [2.24, 2.45) is 5.73 Å². The van der Waals surface area contributed by atoms with Crippen LogP contribution in [-0.2, 0) is 0 Å². The minimum atomic E-state index is 0.115. The predicted molar refractivity (Wildman–Crippen MR) is 50.8 cm³/mol. The van der Waals surface area contributed by atoms with Gasteiger partial charge in [-0.05, 0) is 45.2 Å². The molecule has 1 saturated heterocycles. The van der Waals surface area contributed by atoms with Gasteiger partial charge in [0.25, 0.3) is 0 Å². The van der Waals surface area contributed by atoms with E-state index in [4.69, 9.17) is 5.73 Å². The molecule has 2 aliphatic rings. The molecule has 2 N–H and O–H groups in total. The number of nitrogens with two attached hydrogens (primary N) is 1. The van der Waals surface area contributed by atoms with E-state index in [1.54, 1.807) is 0 Å². The third kappa shape index (κ3) is 1.50. The minimum absolute atomic E-state index is 0.115. The van der Waals surface area contributed by atoms with Gasteiger partial charge in [0.05, 0.1) is 5.66 Å². The Labute approximate surface area is 75.1 Å². The monoisotopic (exact) mass is 168 g/mol. The third-order valence-electron chi connectivity index (χ3n) is 3.46. The molecule has 1 heterocycles. The van der Waals surface area contributed by atoms with Gasteiger partial charge in [-0.25, -0.2) is 0 Å². The molecule has 0 bridgehead atoms. The van der Waals surface area contributed by atoms with E-state index >= 15 is 0 Å². The van der Waals surface area contributed by atoms with E-state index in [-0.39, 0.29) is 5.66 Å². The summed E-state index contributed by atoms with van der Waals surface area (Å²) < 4.78 is 0. The van der Waals surface area contributed by atoms with Crippen LogP contribution >= 0.6 is 0 Å². The number of hydrogen-bond acceptors (Lipinski definition) is 2. The lowest BCUT2D eigenvalue weighted by molar-refractivity contribution is 0.0240. The fourth-order valence-corrected chi connectivity index (χ4v) is 2.37. The second-order valence-corrected chi connectivity index (χ2v) is 4.36. The van der Waals surface area contributed by atoms with Crippen LogP contribution in [-0.4, -0.2) is 23.7 Å². The Bertz CT molecular complexity index is 144. The molecule has 0 aromatic carbocycles. The van der Waals surface area contributed by atoms with Crippen molar-refractivity contribution in [3.05, 3.63) is 0 Å². The van der Waals surface area contributed by atoms with Crippen LogP contribution in [0.3, 0.4) is 0 Å². The molecule has 2 fully saturated rings. The van der Waals surface area contributed by atoms with Gasteiger partial charge in [0.2, 0.25) is 0 Å². The maximum Gasteiger partial charge on any atom is 0.0687 e. The molecule has 0 radical (unpaired) electrons. The Kier molecular flexibility index (Phi) is 2.37. The van der Waals surface area contributed by atoms with Crippen LogP contribution in [0.1, 0.15) is 44.9 Å². The number of nitrogens with zero attached hydrogens (tertiary/aromatic N) is 1. The molecular weight excluding hydrogens is 148 g/mol. The van der Waals surface area contributed by atoms with Crippen LogP contribution in [0.15, 0.2) is 0 Å². The van der Waals surface area contributed by atoms with Gasteiger partial charge >= 0.3 is 0 Å². The van der Waals surface area contributed by atoms with Crippen molar-refractivity contribution < 1.29 is 0 Å². The van der Waals surface area contributed by atoms with Crippen LogP contribution in [0.4, 0.5) is 0 Å². The molecule has 0 unspecified atom stereocenters. The molecular formula is C10H20N2. The van der Waals surface area contributed by atoms with Crippen molar-refractivity contribution >= 4 is 0 Å². The average Bonchev–Trinajstić information content (AvgIpc) is 2.27. The summed E-state index contributed by atoms with van der Waals surface area (Å²) in [6.07, 6.45) is 9.34. The topological polar surface area (TPSA) is 29.3 Å². The fourth-order valence-electron chi connectivity index (χ4n) is 2.37. The van der Waals surface area contributed by atoms with Crippen molar-refractivity contribution in [2.45, 2.75) is 50.6 Å². The first-order valence-corrected chi connectivity index (χ1v) is 5.35. The summed E-state index contributed by atoms with van der Waals surface area (Å²) in [6, 6.07) is 0. The van der Waals surface area contributed by atoms with Crippen molar-refractivity contribution in [1.29, 1.82) is 0 Å². The van der Waals surface area contributed by atoms with Gasteiger partial charge < -0.3 is 5.73 Å². The summed E-state index contributed by atoms with van der Waals surface area (Å²) in [7, 11) is 0. The van der Waals surface area contributed by atoms with Crippen LogP contribution in [0.25, 0.3) is 0 Å². The second-order valence-electron chi connectivity index (χ2n) is 4.36. The highest BCUT2D eigenvalue weighted by Gasteiger charge is 2.38. The zero-order chi connectivity index (χ0) is 8.44. The smallest absolute Gasteiger partial charge is 0.0687 e. The van der Waals surface area contributed by atoms with Gasteiger partial charge in [0.15, 0.2) is 0 Å². The van der Waals surface area contributed by atoms with E-state index < -0.39 is 0 Å². The molecule has 2 heteroatoms. The highest BCUT2D eigenvalue weighted by Crippen LogP contribution is 2.33. The van der Waals surface area contributed by atoms with E-state index in [0.29, 0.717) is 0 Å².